The Bertz CT molecular complexity index is 1680. The van der Waals surface area contributed by atoms with E-state index in [-0.39, 0.29) is 6.61 Å². The molecule has 3 heterocycles. The number of aromatic nitrogens is 2. The number of fused-ring (bicyclic) bond motifs is 1. The first-order valence-corrected chi connectivity index (χ1v) is 14.0. The van der Waals surface area contributed by atoms with Crippen LogP contribution in [0.2, 0.25) is 0 Å². The molecule has 0 radical (unpaired) electrons. The number of ether oxygens (including phenoxy) is 2. The second-order valence-corrected chi connectivity index (χ2v) is 11.1. The Hall–Kier alpha value is -4.43. The number of halogens is 3. The molecule has 0 atom stereocenters. The number of benzene rings is 2. The maximum atomic E-state index is 12.8. The first-order chi connectivity index (χ1) is 19.9. The standard InChI is InChI=1S/C26H25N3O5S.C2HF3O2/c1-33-26(30)19-5-4-6-21(15-19)34-17-20-16-24-23(11-12-27-25(24)28-20)18-7-9-22(10-8-18)35(31,32)29-13-2-3-14-29;3-2(4,5)1(6)7/h4-12,15-16H,2-3,13-14,17H2,1H3,(H,27,28);(H,6,7). The van der Waals surface area contributed by atoms with Crippen LogP contribution in [-0.2, 0) is 26.2 Å². The van der Waals surface area contributed by atoms with Crippen molar-refractivity contribution in [3.63, 3.8) is 0 Å². The van der Waals surface area contributed by atoms with Crippen molar-refractivity contribution in [2.24, 2.45) is 0 Å². The van der Waals surface area contributed by atoms with Gasteiger partial charge >= 0.3 is 18.1 Å². The van der Waals surface area contributed by atoms with E-state index in [1.54, 1.807) is 46.9 Å². The fourth-order valence-corrected chi connectivity index (χ4v) is 5.80. The van der Waals surface area contributed by atoms with Crippen molar-refractivity contribution in [3.8, 4) is 16.9 Å². The summed E-state index contributed by atoms with van der Waals surface area (Å²) in [7, 11) is -2.11. The molecule has 2 aromatic carbocycles. The lowest BCUT2D eigenvalue weighted by molar-refractivity contribution is -0.192. The Kier molecular flexibility index (Phi) is 9.17. The Balaban J connectivity index is 0.000000517. The van der Waals surface area contributed by atoms with Crippen molar-refractivity contribution in [2.75, 3.05) is 20.2 Å². The maximum absolute atomic E-state index is 12.8. The summed E-state index contributed by atoms with van der Waals surface area (Å²) in [4.78, 5) is 28.6. The normalized spacial score (nSPS) is 13.8. The van der Waals surface area contributed by atoms with E-state index in [4.69, 9.17) is 19.4 Å². The number of carbonyl (C=O) groups is 2. The minimum absolute atomic E-state index is 0.257. The number of aliphatic carboxylic acids is 1. The lowest BCUT2D eigenvalue weighted by atomic mass is 10.0. The van der Waals surface area contributed by atoms with E-state index in [9.17, 15) is 26.4 Å². The van der Waals surface area contributed by atoms with Crippen LogP contribution in [0.5, 0.6) is 5.75 Å². The first kappa shape index (κ1) is 30.5. The van der Waals surface area contributed by atoms with E-state index >= 15 is 0 Å². The molecule has 42 heavy (non-hydrogen) atoms. The van der Waals surface area contributed by atoms with Crippen molar-refractivity contribution >= 4 is 33.0 Å². The van der Waals surface area contributed by atoms with Gasteiger partial charge in [0.15, 0.2) is 0 Å². The van der Waals surface area contributed by atoms with Crippen LogP contribution in [-0.4, -0.2) is 66.1 Å². The molecule has 1 fully saturated rings. The van der Waals surface area contributed by atoms with Crippen LogP contribution in [0.25, 0.3) is 22.2 Å². The topological polar surface area (TPSA) is 139 Å². The number of nitrogens with one attached hydrogen (secondary N) is 1. The monoisotopic (exact) mass is 605 g/mol. The van der Waals surface area contributed by atoms with Gasteiger partial charge in [0.1, 0.15) is 18.0 Å². The van der Waals surface area contributed by atoms with Gasteiger partial charge in [0, 0.05) is 24.7 Å². The molecule has 14 heteroatoms. The summed E-state index contributed by atoms with van der Waals surface area (Å²) in [5, 5.41) is 8.03. The van der Waals surface area contributed by atoms with Crippen molar-refractivity contribution in [1.82, 2.24) is 14.3 Å². The van der Waals surface area contributed by atoms with E-state index in [0.29, 0.717) is 34.9 Å². The van der Waals surface area contributed by atoms with E-state index in [1.165, 1.54) is 7.11 Å². The van der Waals surface area contributed by atoms with Crippen molar-refractivity contribution in [3.05, 3.63) is 78.1 Å². The van der Waals surface area contributed by atoms with Gasteiger partial charge in [0.05, 0.1) is 23.3 Å². The second kappa shape index (κ2) is 12.6. The molecule has 0 saturated carbocycles. The minimum atomic E-state index is -5.08. The molecule has 0 spiro atoms. The number of aromatic amines is 1. The number of pyridine rings is 1. The third-order valence-corrected chi connectivity index (χ3v) is 8.26. The molecule has 2 aromatic heterocycles. The molecule has 0 bridgehead atoms. The number of H-pyrrole nitrogens is 1. The highest BCUT2D eigenvalue weighted by molar-refractivity contribution is 7.89. The lowest BCUT2D eigenvalue weighted by Gasteiger charge is -2.15. The Morgan fingerprint density at radius 1 is 1.05 bits per heavy atom. The summed E-state index contributed by atoms with van der Waals surface area (Å²) in [6, 6.07) is 17.7. The summed E-state index contributed by atoms with van der Waals surface area (Å²) in [6.07, 6.45) is -1.56. The molecule has 0 unspecified atom stereocenters. The SMILES string of the molecule is COC(=O)c1cccc(OCc2cc3c(-c4ccc(S(=O)(=O)N5CCCC5)cc4)ccnc3[nH]2)c1.O=C(O)C(F)(F)F. The molecular formula is C28H26F3N3O7S. The molecule has 5 rings (SSSR count). The molecule has 1 saturated heterocycles. The van der Waals surface area contributed by atoms with Crippen LogP contribution in [0, 0.1) is 0 Å². The molecular weight excluding hydrogens is 579 g/mol. The largest absolute Gasteiger partial charge is 0.490 e. The molecule has 0 amide bonds. The highest BCUT2D eigenvalue weighted by Crippen LogP contribution is 2.30. The van der Waals surface area contributed by atoms with Gasteiger partial charge in [0.2, 0.25) is 10.0 Å². The van der Waals surface area contributed by atoms with E-state index in [2.05, 4.69) is 9.97 Å². The molecule has 1 aliphatic heterocycles. The number of hydrogen-bond donors (Lipinski definition) is 2. The molecule has 2 N–H and O–H groups in total. The van der Waals surface area contributed by atoms with E-state index in [1.807, 2.05) is 24.3 Å². The second-order valence-electron chi connectivity index (χ2n) is 9.16. The average Bonchev–Trinajstić information content (AvgIpc) is 3.66. The molecule has 0 aliphatic carbocycles. The molecule has 4 aromatic rings. The molecule has 10 nitrogen and oxygen atoms in total. The summed E-state index contributed by atoms with van der Waals surface area (Å²) < 4.78 is 69.6. The zero-order chi connectivity index (χ0) is 30.5. The van der Waals surface area contributed by atoms with Gasteiger partial charge in [-0.15, -0.1) is 0 Å². The Morgan fingerprint density at radius 3 is 2.33 bits per heavy atom. The van der Waals surface area contributed by atoms with Crippen LogP contribution in [0.15, 0.2) is 71.8 Å². The predicted molar refractivity (Wildman–Crippen MR) is 145 cm³/mol. The van der Waals surface area contributed by atoms with Gasteiger partial charge in [-0.25, -0.2) is 23.0 Å². The van der Waals surface area contributed by atoms with Gasteiger partial charge in [-0.05, 0) is 66.4 Å². The number of carbonyl (C=O) groups excluding carboxylic acids is 1. The number of esters is 1. The molecule has 1 aliphatic rings. The quantitative estimate of drug-likeness (QED) is 0.280. The van der Waals surface area contributed by atoms with Crippen molar-refractivity contribution in [2.45, 2.75) is 30.5 Å². The highest BCUT2D eigenvalue weighted by atomic mass is 32.2. The summed E-state index contributed by atoms with van der Waals surface area (Å²) in [5.41, 5.74) is 3.78. The van der Waals surface area contributed by atoms with Crippen LogP contribution < -0.4 is 4.74 Å². The maximum Gasteiger partial charge on any atom is 0.490 e. The number of alkyl halides is 3. The number of rotatable bonds is 7. The average molecular weight is 606 g/mol. The number of carboxylic acid groups (broad SMARTS) is 1. The van der Waals surface area contributed by atoms with Crippen molar-refractivity contribution < 1.29 is 45.8 Å². The first-order valence-electron chi connectivity index (χ1n) is 12.6. The minimum Gasteiger partial charge on any atom is -0.487 e. The fraction of sp³-hybridized carbons (Fsp3) is 0.250. The zero-order valence-corrected chi connectivity index (χ0v) is 23.0. The number of methoxy groups -OCH3 is 1. The number of sulfonamides is 1. The van der Waals surface area contributed by atoms with Crippen LogP contribution in [0.3, 0.4) is 0 Å². The highest BCUT2D eigenvalue weighted by Gasteiger charge is 2.38. The van der Waals surface area contributed by atoms with Crippen LogP contribution >= 0.6 is 0 Å². The lowest BCUT2D eigenvalue weighted by Crippen LogP contribution is -2.27. The predicted octanol–water partition coefficient (Wildman–Crippen LogP) is 5.01. The van der Waals surface area contributed by atoms with E-state index < -0.39 is 28.1 Å². The Morgan fingerprint density at radius 2 is 1.71 bits per heavy atom. The van der Waals surface area contributed by atoms with Crippen molar-refractivity contribution in [1.29, 1.82) is 0 Å². The van der Waals surface area contributed by atoms with Gasteiger partial charge < -0.3 is 19.6 Å². The Labute approximate surface area is 238 Å². The van der Waals surface area contributed by atoms with Crippen LogP contribution in [0.1, 0.15) is 28.9 Å². The third kappa shape index (κ3) is 7.06. The summed E-state index contributed by atoms with van der Waals surface area (Å²) in [5.74, 6) is -2.63. The number of hydrogen-bond acceptors (Lipinski definition) is 7. The van der Waals surface area contributed by atoms with Crippen LogP contribution in [0.4, 0.5) is 13.2 Å². The third-order valence-electron chi connectivity index (χ3n) is 6.35. The van der Waals surface area contributed by atoms with Gasteiger partial charge in [-0.1, -0.05) is 18.2 Å². The number of carboxylic acids is 1. The summed E-state index contributed by atoms with van der Waals surface area (Å²) in [6.45, 7) is 1.42. The molecule has 222 valence electrons. The fourth-order valence-electron chi connectivity index (χ4n) is 4.29. The zero-order valence-electron chi connectivity index (χ0n) is 22.2. The summed E-state index contributed by atoms with van der Waals surface area (Å²) >= 11 is 0. The van der Waals surface area contributed by atoms with Gasteiger partial charge in [0.25, 0.3) is 0 Å². The van der Waals surface area contributed by atoms with Gasteiger partial charge in [-0.2, -0.15) is 17.5 Å². The smallest absolute Gasteiger partial charge is 0.487 e. The van der Waals surface area contributed by atoms with E-state index in [0.717, 1.165) is 35.0 Å². The van der Waals surface area contributed by atoms with Gasteiger partial charge in [-0.3, -0.25) is 0 Å². The number of nitrogens with zero attached hydrogens (tertiary/aromatic N) is 2.